The summed E-state index contributed by atoms with van der Waals surface area (Å²) in [5.74, 6) is -0.742. The number of fused-ring (bicyclic) bond motifs is 1. The van der Waals surface area contributed by atoms with Crippen molar-refractivity contribution in [2.45, 2.75) is 19.4 Å². The lowest BCUT2D eigenvalue weighted by Gasteiger charge is -2.22. The van der Waals surface area contributed by atoms with Gasteiger partial charge in [-0.2, -0.15) is 0 Å². The molecule has 1 aromatic heterocycles. The van der Waals surface area contributed by atoms with Crippen LogP contribution in [0, 0.1) is 5.82 Å². The van der Waals surface area contributed by atoms with E-state index in [1.165, 1.54) is 12.1 Å². The van der Waals surface area contributed by atoms with Crippen LogP contribution in [0.5, 0.6) is 0 Å². The van der Waals surface area contributed by atoms with Crippen molar-refractivity contribution < 1.29 is 14.3 Å². The topological polar surface area (TPSA) is 65.1 Å². The second-order valence-corrected chi connectivity index (χ2v) is 4.88. The summed E-state index contributed by atoms with van der Waals surface area (Å²) in [4.78, 5) is 14.8. The average Bonchev–Trinajstić information content (AvgIpc) is 2.74. The average molecular weight is 250 g/mol. The first-order valence-electron chi connectivity index (χ1n) is 5.63. The summed E-state index contributed by atoms with van der Waals surface area (Å²) in [6.07, 6.45) is 0. The molecular formula is C13H15FN2O2. The molecule has 0 atom stereocenters. The number of hydrogen-bond donors (Lipinski definition) is 3. The van der Waals surface area contributed by atoms with Crippen LogP contribution in [-0.4, -0.2) is 28.1 Å². The molecule has 0 aliphatic rings. The Morgan fingerprint density at radius 2 is 2.22 bits per heavy atom. The normalized spacial score (nSPS) is 11.8. The fraction of sp³-hybridized carbons (Fsp3) is 0.308. The second-order valence-electron chi connectivity index (χ2n) is 4.88. The maximum absolute atomic E-state index is 13.5. The zero-order valence-electron chi connectivity index (χ0n) is 10.2. The highest BCUT2D eigenvalue weighted by Crippen LogP contribution is 2.18. The first-order chi connectivity index (χ1) is 8.43. The number of benzene rings is 1. The van der Waals surface area contributed by atoms with Gasteiger partial charge in [0.2, 0.25) is 0 Å². The Hall–Kier alpha value is -1.88. The number of nitrogens with one attached hydrogen (secondary N) is 2. The van der Waals surface area contributed by atoms with Gasteiger partial charge in [-0.05, 0) is 32.0 Å². The van der Waals surface area contributed by atoms with E-state index < -0.39 is 5.54 Å². The molecule has 4 nitrogen and oxygen atoms in total. The fourth-order valence-corrected chi connectivity index (χ4v) is 1.65. The van der Waals surface area contributed by atoms with Crippen LogP contribution in [0.1, 0.15) is 24.3 Å². The molecule has 18 heavy (non-hydrogen) atoms. The fourth-order valence-electron chi connectivity index (χ4n) is 1.65. The number of aliphatic hydroxyl groups is 1. The summed E-state index contributed by atoms with van der Waals surface area (Å²) >= 11 is 0. The monoisotopic (exact) mass is 250 g/mol. The maximum atomic E-state index is 13.5. The van der Waals surface area contributed by atoms with E-state index in [2.05, 4.69) is 10.3 Å². The molecule has 0 radical (unpaired) electrons. The predicted molar refractivity (Wildman–Crippen MR) is 66.9 cm³/mol. The highest BCUT2D eigenvalue weighted by Gasteiger charge is 2.21. The van der Waals surface area contributed by atoms with Gasteiger partial charge in [-0.25, -0.2) is 4.39 Å². The van der Waals surface area contributed by atoms with Crippen LogP contribution in [0.3, 0.4) is 0 Å². The molecule has 0 fully saturated rings. The molecule has 1 amide bonds. The smallest absolute Gasteiger partial charge is 0.268 e. The lowest BCUT2D eigenvalue weighted by atomic mass is 10.1. The van der Waals surface area contributed by atoms with Gasteiger partial charge in [-0.3, -0.25) is 4.79 Å². The summed E-state index contributed by atoms with van der Waals surface area (Å²) < 4.78 is 13.5. The zero-order valence-corrected chi connectivity index (χ0v) is 10.2. The molecule has 1 heterocycles. The molecule has 1 aromatic carbocycles. The first-order valence-corrected chi connectivity index (χ1v) is 5.63. The summed E-state index contributed by atoms with van der Waals surface area (Å²) in [5.41, 5.74) is 0.131. The van der Waals surface area contributed by atoms with Crippen molar-refractivity contribution in [1.29, 1.82) is 0 Å². The first kappa shape index (κ1) is 12.6. The van der Waals surface area contributed by atoms with Gasteiger partial charge < -0.3 is 15.4 Å². The molecule has 0 spiro atoms. The van der Waals surface area contributed by atoms with E-state index in [1.807, 2.05) is 0 Å². The summed E-state index contributed by atoms with van der Waals surface area (Å²) in [7, 11) is 0. The van der Waals surface area contributed by atoms with Gasteiger partial charge in [0.1, 0.15) is 11.5 Å². The standard InChI is InChI=1S/C13H15FN2O2/c1-13(2,7-17)16-12(18)11-6-8-9(14)4-3-5-10(8)15-11/h3-6,15,17H,7H2,1-2H3,(H,16,18). The van der Waals surface area contributed by atoms with Crippen LogP contribution in [0.25, 0.3) is 10.9 Å². The van der Waals surface area contributed by atoms with E-state index in [-0.39, 0.29) is 24.0 Å². The molecule has 2 aromatic rings. The van der Waals surface area contributed by atoms with Crippen LogP contribution in [0.4, 0.5) is 4.39 Å². The Kier molecular flexibility index (Phi) is 3.09. The second kappa shape index (κ2) is 4.42. The van der Waals surface area contributed by atoms with E-state index in [4.69, 9.17) is 5.11 Å². The minimum Gasteiger partial charge on any atom is -0.394 e. The number of aromatic amines is 1. The molecule has 0 aliphatic heterocycles. The molecule has 0 unspecified atom stereocenters. The van der Waals surface area contributed by atoms with Gasteiger partial charge >= 0.3 is 0 Å². The number of H-pyrrole nitrogens is 1. The number of carbonyl (C=O) groups is 1. The molecule has 96 valence electrons. The van der Waals surface area contributed by atoms with Crippen molar-refractivity contribution in [3.05, 3.63) is 35.8 Å². The SMILES string of the molecule is CC(C)(CO)NC(=O)c1cc2c(F)cccc2[nH]1. The minimum absolute atomic E-state index is 0.173. The third-order valence-electron chi connectivity index (χ3n) is 2.70. The highest BCUT2D eigenvalue weighted by atomic mass is 19.1. The van der Waals surface area contributed by atoms with Gasteiger partial charge in [0.05, 0.1) is 12.1 Å². The Labute approximate surface area is 104 Å². The number of rotatable bonds is 3. The van der Waals surface area contributed by atoms with Crippen LogP contribution in [-0.2, 0) is 0 Å². The van der Waals surface area contributed by atoms with Gasteiger partial charge in [0.25, 0.3) is 5.91 Å². The highest BCUT2D eigenvalue weighted by molar-refractivity contribution is 5.98. The van der Waals surface area contributed by atoms with E-state index in [1.54, 1.807) is 26.0 Å². The Balaban J connectivity index is 2.32. The van der Waals surface area contributed by atoms with Crippen molar-refractivity contribution >= 4 is 16.8 Å². The van der Waals surface area contributed by atoms with Crippen LogP contribution in [0.2, 0.25) is 0 Å². The van der Waals surface area contributed by atoms with E-state index in [0.717, 1.165) is 0 Å². The molecule has 0 saturated heterocycles. The zero-order chi connectivity index (χ0) is 13.3. The van der Waals surface area contributed by atoms with Crippen LogP contribution >= 0.6 is 0 Å². The van der Waals surface area contributed by atoms with Gasteiger partial charge in [0.15, 0.2) is 0 Å². The summed E-state index contributed by atoms with van der Waals surface area (Å²) in [6, 6.07) is 6.09. The van der Waals surface area contributed by atoms with E-state index in [0.29, 0.717) is 10.9 Å². The molecule has 2 rings (SSSR count). The number of amides is 1. The summed E-state index contributed by atoms with van der Waals surface area (Å²) in [6.45, 7) is 3.23. The number of carbonyl (C=O) groups excluding carboxylic acids is 1. The number of halogens is 1. The minimum atomic E-state index is -0.715. The molecule has 5 heteroatoms. The van der Waals surface area contributed by atoms with Crippen molar-refractivity contribution in [3.8, 4) is 0 Å². The number of aromatic nitrogens is 1. The van der Waals surface area contributed by atoms with Crippen molar-refractivity contribution in [2.24, 2.45) is 0 Å². The van der Waals surface area contributed by atoms with Crippen molar-refractivity contribution in [3.63, 3.8) is 0 Å². The maximum Gasteiger partial charge on any atom is 0.268 e. The van der Waals surface area contributed by atoms with Crippen molar-refractivity contribution in [2.75, 3.05) is 6.61 Å². The third kappa shape index (κ3) is 2.36. The van der Waals surface area contributed by atoms with Crippen LogP contribution in [0.15, 0.2) is 24.3 Å². The number of aliphatic hydroxyl groups excluding tert-OH is 1. The van der Waals surface area contributed by atoms with Gasteiger partial charge in [-0.15, -0.1) is 0 Å². The molecule has 0 bridgehead atoms. The lowest BCUT2D eigenvalue weighted by Crippen LogP contribution is -2.46. The molecule has 3 N–H and O–H groups in total. The molecule has 0 saturated carbocycles. The Morgan fingerprint density at radius 3 is 2.83 bits per heavy atom. The largest absolute Gasteiger partial charge is 0.394 e. The Bertz CT molecular complexity index is 590. The van der Waals surface area contributed by atoms with Crippen LogP contribution < -0.4 is 5.32 Å². The van der Waals surface area contributed by atoms with E-state index >= 15 is 0 Å². The molecule has 0 aliphatic carbocycles. The van der Waals surface area contributed by atoms with Crippen molar-refractivity contribution in [1.82, 2.24) is 10.3 Å². The quantitative estimate of drug-likeness (QED) is 0.777. The summed E-state index contributed by atoms with van der Waals surface area (Å²) in [5, 5.41) is 12.1. The van der Waals surface area contributed by atoms with E-state index in [9.17, 15) is 9.18 Å². The Morgan fingerprint density at radius 1 is 1.50 bits per heavy atom. The third-order valence-corrected chi connectivity index (χ3v) is 2.70. The van der Waals surface area contributed by atoms with Gasteiger partial charge in [0, 0.05) is 10.9 Å². The molecular weight excluding hydrogens is 235 g/mol. The lowest BCUT2D eigenvalue weighted by molar-refractivity contribution is 0.0865. The predicted octanol–water partition coefficient (Wildman–Crippen LogP) is 1.81. The number of hydrogen-bond acceptors (Lipinski definition) is 2. The van der Waals surface area contributed by atoms with Gasteiger partial charge in [-0.1, -0.05) is 6.07 Å².